The number of hydrogen-bond donors (Lipinski definition) is 5. The van der Waals surface area contributed by atoms with Gasteiger partial charge < -0.3 is 32.1 Å². The number of aliphatic carboxylic acids is 2. The van der Waals surface area contributed by atoms with E-state index in [1.54, 1.807) is 19.0 Å². The van der Waals surface area contributed by atoms with Crippen molar-refractivity contribution in [3.8, 4) is 0 Å². The molecule has 9 N–H and O–H groups in total. The third-order valence-electron chi connectivity index (χ3n) is 0.876. The van der Waals surface area contributed by atoms with Crippen LogP contribution in [-0.4, -0.2) is 58.5 Å². The highest BCUT2D eigenvalue weighted by Gasteiger charge is 2.04. The molecule has 0 unspecified atom stereocenters. The number of carboxylic acid groups (broad SMARTS) is 2. The van der Waals surface area contributed by atoms with Gasteiger partial charge in [-0.15, -0.1) is 0 Å². The summed E-state index contributed by atoms with van der Waals surface area (Å²) in [5.74, 6) is -3.69. The summed E-state index contributed by atoms with van der Waals surface area (Å²) < 4.78 is 0. The maximum Gasteiger partial charge on any atom is 0.414 e. The molecule has 0 saturated heterocycles. The van der Waals surface area contributed by atoms with Crippen molar-refractivity contribution in [3.05, 3.63) is 0 Å². The average molecular weight is 237 g/mol. The first-order chi connectivity index (χ1) is 6.68. The molecule has 0 atom stereocenters. The molecule has 0 spiro atoms. The highest BCUT2D eigenvalue weighted by molar-refractivity contribution is 6.27. The van der Waals surface area contributed by atoms with E-state index in [0.717, 1.165) is 0 Å². The Kier molecular flexibility index (Phi) is 11.1. The molecule has 0 aromatic heterocycles. The van der Waals surface area contributed by atoms with E-state index in [1.165, 1.54) is 0 Å². The van der Waals surface area contributed by atoms with Crippen LogP contribution in [0, 0.1) is 5.41 Å². The summed E-state index contributed by atoms with van der Waals surface area (Å²) in [7, 11) is 3.45. The Bertz CT molecular complexity index is 275. The van der Waals surface area contributed by atoms with Crippen molar-refractivity contribution in [2.24, 2.45) is 16.5 Å². The molecular weight excluding hydrogens is 222 g/mol. The summed E-state index contributed by atoms with van der Waals surface area (Å²) >= 11 is 0. The van der Waals surface area contributed by atoms with E-state index in [0.29, 0.717) is 0 Å². The van der Waals surface area contributed by atoms with Crippen LogP contribution < -0.4 is 11.5 Å². The van der Waals surface area contributed by atoms with Crippen molar-refractivity contribution in [2.45, 2.75) is 0 Å². The molecule has 0 bridgehead atoms. The highest BCUT2D eigenvalue weighted by atomic mass is 16.4. The lowest BCUT2D eigenvalue weighted by Crippen LogP contribution is -2.32. The molecular formula is C6H15N5O5. The molecule has 0 amide bonds. The maximum absolute atomic E-state index is 9.10. The normalized spacial score (nSPS) is 9.00. The molecule has 10 nitrogen and oxygen atoms in total. The van der Waals surface area contributed by atoms with Crippen LogP contribution in [0.15, 0.2) is 4.99 Å². The largest absolute Gasteiger partial charge is 0.473 e. The Balaban J connectivity index is -0.000000214. The van der Waals surface area contributed by atoms with Gasteiger partial charge in [0.05, 0.1) is 0 Å². The summed E-state index contributed by atoms with van der Waals surface area (Å²) in [6, 6.07) is 0. The van der Waals surface area contributed by atoms with Crippen LogP contribution in [-0.2, 0) is 9.59 Å². The van der Waals surface area contributed by atoms with Gasteiger partial charge >= 0.3 is 11.9 Å². The number of carboxylic acids is 2. The Morgan fingerprint density at radius 3 is 1.56 bits per heavy atom. The van der Waals surface area contributed by atoms with E-state index < -0.39 is 11.9 Å². The molecule has 16 heavy (non-hydrogen) atoms. The zero-order valence-corrected chi connectivity index (χ0v) is 8.76. The molecule has 0 rings (SSSR count). The van der Waals surface area contributed by atoms with Gasteiger partial charge in [-0.05, 0) is 0 Å². The fraction of sp³-hybridized carbons (Fsp3) is 0.333. The number of nitrogens with two attached hydrogens (primary N) is 2. The quantitative estimate of drug-likeness (QED) is 0.169. The second-order valence-corrected chi connectivity index (χ2v) is 2.36. The second kappa shape index (κ2) is 9.21. The van der Waals surface area contributed by atoms with Gasteiger partial charge in [-0.3, -0.25) is 5.41 Å². The first-order valence-electron chi connectivity index (χ1n) is 3.50. The molecule has 0 aliphatic heterocycles. The van der Waals surface area contributed by atoms with E-state index in [1.807, 2.05) is 0 Å². The average Bonchev–Trinajstić information content (AvgIpc) is 2.03. The number of nitrogens with zero attached hydrogens (tertiary/aromatic N) is 2. The zero-order chi connectivity index (χ0) is 12.6. The molecule has 0 aliphatic carbocycles. The predicted octanol–water partition coefficient (Wildman–Crippen LogP) is -2.91. The fourth-order valence-corrected chi connectivity index (χ4v) is 0.223. The lowest BCUT2D eigenvalue weighted by atomic mass is 10.7. The smallest absolute Gasteiger partial charge is 0.414 e. The summed E-state index contributed by atoms with van der Waals surface area (Å²) in [4.78, 5) is 23.2. The molecule has 10 heteroatoms. The lowest BCUT2D eigenvalue weighted by Gasteiger charge is -2.08. The second-order valence-electron chi connectivity index (χ2n) is 2.36. The van der Waals surface area contributed by atoms with Gasteiger partial charge in [-0.1, -0.05) is 0 Å². The summed E-state index contributed by atoms with van der Waals surface area (Å²) in [5.41, 5.74) is 10.2. The minimum Gasteiger partial charge on any atom is -0.473 e. The minimum absolute atomic E-state index is 0. The summed E-state index contributed by atoms with van der Waals surface area (Å²) in [5, 5.41) is 21.5. The molecule has 0 radical (unpaired) electrons. The molecule has 94 valence electrons. The van der Waals surface area contributed by atoms with Crippen LogP contribution in [0.3, 0.4) is 0 Å². The Labute approximate surface area is 91.0 Å². The number of hydrogen-bond acceptors (Lipinski definition) is 3. The van der Waals surface area contributed by atoms with E-state index in [4.69, 9.17) is 36.7 Å². The van der Waals surface area contributed by atoms with Gasteiger partial charge in [-0.25, -0.2) is 9.59 Å². The van der Waals surface area contributed by atoms with Crippen LogP contribution >= 0.6 is 0 Å². The summed E-state index contributed by atoms with van der Waals surface area (Å²) in [6.45, 7) is 0. The Hall–Kier alpha value is -2.36. The van der Waals surface area contributed by atoms with Crippen LogP contribution in [0.4, 0.5) is 0 Å². The topological polar surface area (TPSA) is 198 Å². The molecule has 0 aliphatic rings. The number of nitrogens with one attached hydrogen (secondary N) is 1. The van der Waals surface area contributed by atoms with Gasteiger partial charge in [0, 0.05) is 14.1 Å². The van der Waals surface area contributed by atoms with E-state index in [9.17, 15) is 0 Å². The monoisotopic (exact) mass is 237 g/mol. The van der Waals surface area contributed by atoms with Crippen molar-refractivity contribution in [2.75, 3.05) is 14.1 Å². The minimum atomic E-state index is -1.82. The number of aliphatic imine (C=N–C) groups is 1. The SMILES string of the molecule is CN(C)C(N)=NC(=N)N.O.O=C(O)C(=O)O. The van der Waals surface area contributed by atoms with Gasteiger partial charge in [0.25, 0.3) is 0 Å². The highest BCUT2D eigenvalue weighted by Crippen LogP contribution is 1.73. The number of guanidine groups is 2. The third-order valence-corrected chi connectivity index (χ3v) is 0.876. The van der Waals surface area contributed by atoms with E-state index in [2.05, 4.69) is 4.99 Å². The fourth-order valence-electron chi connectivity index (χ4n) is 0.223. The molecule has 0 aromatic carbocycles. The van der Waals surface area contributed by atoms with Crippen molar-refractivity contribution >= 4 is 23.9 Å². The van der Waals surface area contributed by atoms with Gasteiger partial charge in [0.15, 0.2) is 5.96 Å². The first-order valence-corrected chi connectivity index (χ1v) is 3.50. The first kappa shape index (κ1) is 19.2. The van der Waals surface area contributed by atoms with Gasteiger partial charge in [0.1, 0.15) is 0 Å². The molecule has 0 saturated carbocycles. The van der Waals surface area contributed by atoms with Gasteiger partial charge in [0.2, 0.25) is 5.96 Å². The number of carbonyl (C=O) groups is 2. The maximum atomic E-state index is 9.10. The third kappa shape index (κ3) is 14.2. The Morgan fingerprint density at radius 1 is 1.19 bits per heavy atom. The summed E-state index contributed by atoms with van der Waals surface area (Å²) in [6.07, 6.45) is 0. The van der Waals surface area contributed by atoms with Crippen molar-refractivity contribution in [1.29, 1.82) is 5.41 Å². The lowest BCUT2D eigenvalue weighted by molar-refractivity contribution is -0.159. The predicted molar refractivity (Wildman–Crippen MR) is 56.1 cm³/mol. The number of rotatable bonds is 0. The van der Waals surface area contributed by atoms with Gasteiger partial charge in [-0.2, -0.15) is 4.99 Å². The standard InChI is InChI=1S/C4H11N5.C2H2O4.H2O/c1-9(2)4(7)8-3(5)6;3-1(4)2(5)6;/h1-2H3,(H5,5,6,7,8);(H,3,4)(H,5,6);1H2. The zero-order valence-electron chi connectivity index (χ0n) is 8.76. The molecule has 0 heterocycles. The van der Waals surface area contributed by atoms with Crippen LogP contribution in [0.5, 0.6) is 0 Å². The van der Waals surface area contributed by atoms with Crippen molar-refractivity contribution in [3.63, 3.8) is 0 Å². The van der Waals surface area contributed by atoms with Crippen molar-refractivity contribution in [1.82, 2.24) is 4.90 Å². The van der Waals surface area contributed by atoms with Crippen LogP contribution in [0.25, 0.3) is 0 Å². The molecule has 0 fully saturated rings. The van der Waals surface area contributed by atoms with Crippen LogP contribution in [0.2, 0.25) is 0 Å². The Morgan fingerprint density at radius 2 is 1.50 bits per heavy atom. The molecule has 0 aromatic rings. The van der Waals surface area contributed by atoms with Crippen LogP contribution in [0.1, 0.15) is 0 Å². The van der Waals surface area contributed by atoms with Crippen molar-refractivity contribution < 1.29 is 25.3 Å². The van der Waals surface area contributed by atoms with E-state index in [-0.39, 0.29) is 17.4 Å². The van der Waals surface area contributed by atoms with E-state index >= 15 is 0 Å².